The third-order valence-corrected chi connectivity index (χ3v) is 4.77. The normalized spacial score (nSPS) is 11.2. The van der Waals surface area contributed by atoms with Crippen molar-refractivity contribution < 1.29 is 9.84 Å². The van der Waals surface area contributed by atoms with Crippen LogP contribution in [0.15, 0.2) is 47.6 Å². The van der Waals surface area contributed by atoms with Crippen molar-refractivity contribution >= 4 is 40.8 Å². The maximum atomic E-state index is 9.84. The second-order valence-electron chi connectivity index (χ2n) is 6.92. The fourth-order valence-electron chi connectivity index (χ4n) is 3.40. The molecule has 1 heterocycles. The molecule has 30 heavy (non-hydrogen) atoms. The Balaban J connectivity index is 0.00000320. The minimum Gasteiger partial charge on any atom is -0.504 e. The number of benzene rings is 2. The second-order valence-corrected chi connectivity index (χ2v) is 6.92. The van der Waals surface area contributed by atoms with Gasteiger partial charge in [0.05, 0.1) is 13.2 Å². The van der Waals surface area contributed by atoms with Crippen LogP contribution in [0.4, 0.5) is 0 Å². The zero-order valence-electron chi connectivity index (χ0n) is 17.8. The van der Waals surface area contributed by atoms with Crippen molar-refractivity contribution in [1.82, 2.24) is 15.6 Å². The highest BCUT2D eigenvalue weighted by Crippen LogP contribution is 2.27. The van der Waals surface area contributed by atoms with Gasteiger partial charge in [0.25, 0.3) is 0 Å². The van der Waals surface area contributed by atoms with Crippen LogP contribution < -0.4 is 15.4 Å². The van der Waals surface area contributed by atoms with Crippen LogP contribution >= 0.6 is 24.0 Å². The number of fused-ring (bicyclic) bond motifs is 1. The van der Waals surface area contributed by atoms with Gasteiger partial charge in [-0.3, -0.25) is 0 Å². The molecular weight excluding hydrogens is 491 g/mol. The zero-order chi connectivity index (χ0) is 20.6. The van der Waals surface area contributed by atoms with E-state index in [9.17, 15) is 5.11 Å². The van der Waals surface area contributed by atoms with E-state index < -0.39 is 0 Å². The van der Waals surface area contributed by atoms with Gasteiger partial charge in [-0.25, -0.2) is 4.99 Å². The van der Waals surface area contributed by atoms with E-state index >= 15 is 0 Å². The number of rotatable bonds is 8. The van der Waals surface area contributed by atoms with Crippen molar-refractivity contribution in [2.24, 2.45) is 4.99 Å². The molecule has 0 aliphatic heterocycles. The molecule has 3 aromatic rings. The lowest BCUT2D eigenvalue weighted by Gasteiger charge is -2.12. The first-order valence-corrected chi connectivity index (χ1v) is 10.1. The van der Waals surface area contributed by atoms with Gasteiger partial charge in [0.2, 0.25) is 0 Å². The van der Waals surface area contributed by atoms with Crippen LogP contribution in [0.25, 0.3) is 10.9 Å². The molecule has 0 bridgehead atoms. The minimum absolute atomic E-state index is 0. The second kappa shape index (κ2) is 11.7. The Kier molecular flexibility index (Phi) is 9.29. The number of aromatic nitrogens is 1. The standard InChI is InChI=1S/C23H30N4O2.HI/c1-4-24-23(27-14-17-9-10-20(28)21(13-17)29-5-2)25-12-11-18-15-26-19-8-6-7-16(3)22(18)19;/h6-10,13,15,26,28H,4-5,11-12,14H2,1-3H3,(H2,24,25,27);1H. The Morgan fingerprint density at radius 3 is 2.77 bits per heavy atom. The van der Waals surface area contributed by atoms with Crippen molar-refractivity contribution in [3.05, 3.63) is 59.3 Å². The minimum atomic E-state index is 0. The molecule has 1 aromatic heterocycles. The summed E-state index contributed by atoms with van der Waals surface area (Å²) in [4.78, 5) is 8.02. The number of nitrogens with zero attached hydrogens (tertiary/aromatic N) is 1. The lowest BCUT2D eigenvalue weighted by Crippen LogP contribution is -2.38. The van der Waals surface area contributed by atoms with Crippen LogP contribution in [-0.4, -0.2) is 35.7 Å². The Labute approximate surface area is 195 Å². The van der Waals surface area contributed by atoms with Gasteiger partial charge in [-0.2, -0.15) is 0 Å². The number of halogens is 1. The van der Waals surface area contributed by atoms with E-state index in [1.807, 2.05) is 26.0 Å². The molecule has 2 aromatic carbocycles. The van der Waals surface area contributed by atoms with Crippen LogP contribution in [0.5, 0.6) is 11.5 Å². The summed E-state index contributed by atoms with van der Waals surface area (Å²) in [7, 11) is 0. The van der Waals surface area contributed by atoms with E-state index in [-0.39, 0.29) is 29.7 Å². The maximum Gasteiger partial charge on any atom is 0.191 e. The third-order valence-electron chi connectivity index (χ3n) is 4.77. The molecule has 0 fully saturated rings. The monoisotopic (exact) mass is 522 g/mol. The molecular formula is C23H31IN4O2. The third kappa shape index (κ3) is 6.04. The highest BCUT2D eigenvalue weighted by molar-refractivity contribution is 14.0. The van der Waals surface area contributed by atoms with Gasteiger partial charge >= 0.3 is 0 Å². The Morgan fingerprint density at radius 1 is 1.17 bits per heavy atom. The maximum absolute atomic E-state index is 9.84. The molecule has 0 atom stereocenters. The number of hydrogen-bond acceptors (Lipinski definition) is 3. The molecule has 0 aliphatic rings. The quantitative estimate of drug-likeness (QED) is 0.200. The highest BCUT2D eigenvalue weighted by atomic mass is 127. The molecule has 0 amide bonds. The van der Waals surface area contributed by atoms with Gasteiger partial charge in [0.1, 0.15) is 0 Å². The van der Waals surface area contributed by atoms with Gasteiger partial charge in [0, 0.05) is 30.2 Å². The first kappa shape index (κ1) is 23.9. The SMILES string of the molecule is CCNC(=NCc1ccc(O)c(OCC)c1)NCCc1c[nH]c2cccc(C)c12.I. The Morgan fingerprint density at radius 2 is 2.00 bits per heavy atom. The number of aromatic hydroxyl groups is 1. The van der Waals surface area contributed by atoms with E-state index in [4.69, 9.17) is 4.74 Å². The van der Waals surface area contributed by atoms with Gasteiger partial charge in [-0.1, -0.05) is 18.2 Å². The highest BCUT2D eigenvalue weighted by Gasteiger charge is 2.07. The summed E-state index contributed by atoms with van der Waals surface area (Å²) in [5, 5.41) is 17.8. The number of nitrogens with one attached hydrogen (secondary N) is 3. The molecule has 0 unspecified atom stereocenters. The summed E-state index contributed by atoms with van der Waals surface area (Å²) in [5.74, 6) is 1.42. The first-order valence-electron chi connectivity index (χ1n) is 10.1. The molecule has 0 radical (unpaired) electrons. The fourth-order valence-corrected chi connectivity index (χ4v) is 3.40. The molecule has 4 N–H and O–H groups in total. The summed E-state index contributed by atoms with van der Waals surface area (Å²) >= 11 is 0. The number of aromatic amines is 1. The average Bonchev–Trinajstić information content (AvgIpc) is 3.13. The van der Waals surface area contributed by atoms with Gasteiger partial charge in [-0.15, -0.1) is 24.0 Å². The van der Waals surface area contributed by atoms with Gasteiger partial charge in [-0.05, 0) is 62.1 Å². The van der Waals surface area contributed by atoms with Gasteiger partial charge in [0.15, 0.2) is 17.5 Å². The zero-order valence-corrected chi connectivity index (χ0v) is 20.1. The van der Waals surface area contributed by atoms with Crippen LogP contribution in [0.1, 0.15) is 30.5 Å². The molecule has 7 heteroatoms. The number of aliphatic imine (C=N–C) groups is 1. The van der Waals surface area contributed by atoms with Crippen molar-refractivity contribution in [3.8, 4) is 11.5 Å². The molecule has 3 rings (SSSR count). The van der Waals surface area contributed by atoms with E-state index in [2.05, 4.69) is 51.9 Å². The Bertz CT molecular complexity index is 984. The number of phenolic OH excluding ortho intramolecular Hbond substituents is 1. The summed E-state index contributed by atoms with van der Waals surface area (Å²) in [5.41, 5.74) is 4.76. The number of H-pyrrole nitrogens is 1. The number of phenols is 1. The smallest absolute Gasteiger partial charge is 0.191 e. The molecule has 0 aliphatic carbocycles. The lowest BCUT2D eigenvalue weighted by atomic mass is 10.1. The number of hydrogen-bond donors (Lipinski definition) is 4. The predicted molar refractivity (Wildman–Crippen MR) is 134 cm³/mol. The van der Waals surface area contributed by atoms with Crippen LogP contribution in [-0.2, 0) is 13.0 Å². The van der Waals surface area contributed by atoms with E-state index in [0.29, 0.717) is 18.9 Å². The van der Waals surface area contributed by atoms with E-state index in [0.717, 1.165) is 31.0 Å². The van der Waals surface area contributed by atoms with Crippen molar-refractivity contribution in [1.29, 1.82) is 0 Å². The van der Waals surface area contributed by atoms with E-state index in [1.165, 1.54) is 22.0 Å². The first-order chi connectivity index (χ1) is 14.1. The average molecular weight is 522 g/mol. The summed E-state index contributed by atoms with van der Waals surface area (Å²) < 4.78 is 5.45. The van der Waals surface area contributed by atoms with Crippen molar-refractivity contribution in [3.63, 3.8) is 0 Å². The molecule has 0 saturated carbocycles. The number of guanidine groups is 1. The van der Waals surface area contributed by atoms with Crippen molar-refractivity contribution in [2.45, 2.75) is 33.7 Å². The van der Waals surface area contributed by atoms with Crippen LogP contribution in [0, 0.1) is 6.92 Å². The lowest BCUT2D eigenvalue weighted by molar-refractivity contribution is 0.318. The van der Waals surface area contributed by atoms with Crippen molar-refractivity contribution in [2.75, 3.05) is 19.7 Å². The largest absolute Gasteiger partial charge is 0.504 e. The molecule has 0 saturated heterocycles. The van der Waals surface area contributed by atoms with E-state index in [1.54, 1.807) is 6.07 Å². The molecule has 0 spiro atoms. The Hall–Kier alpha value is -2.42. The summed E-state index contributed by atoms with van der Waals surface area (Å²) in [6.07, 6.45) is 3.00. The predicted octanol–water partition coefficient (Wildman–Crippen LogP) is 4.50. The van der Waals surface area contributed by atoms with Crippen LogP contribution in [0.2, 0.25) is 0 Å². The fraction of sp³-hybridized carbons (Fsp3) is 0.348. The topological polar surface area (TPSA) is 81.7 Å². The molecule has 162 valence electrons. The summed E-state index contributed by atoms with van der Waals surface area (Å²) in [6, 6.07) is 11.7. The number of aryl methyl sites for hydroxylation is 1. The van der Waals surface area contributed by atoms with Crippen LogP contribution in [0.3, 0.4) is 0 Å². The van der Waals surface area contributed by atoms with Gasteiger partial charge < -0.3 is 25.5 Å². The molecule has 6 nitrogen and oxygen atoms in total. The summed E-state index contributed by atoms with van der Waals surface area (Å²) in [6.45, 7) is 8.68. The number of ether oxygens (including phenoxy) is 1.